The minimum absolute atomic E-state index is 0.130. The summed E-state index contributed by atoms with van der Waals surface area (Å²) in [5.74, 6) is -0.130. The molecule has 0 aliphatic carbocycles. The van der Waals surface area contributed by atoms with Crippen molar-refractivity contribution in [1.29, 1.82) is 5.41 Å². The number of aromatic nitrogens is 1. The van der Waals surface area contributed by atoms with E-state index >= 15 is 0 Å². The van der Waals surface area contributed by atoms with Crippen LogP contribution >= 0.6 is 11.3 Å². The Bertz CT molecular complexity index is 841. The van der Waals surface area contributed by atoms with Crippen molar-refractivity contribution in [2.45, 2.75) is 6.92 Å². The molecule has 23 heavy (non-hydrogen) atoms. The zero-order valence-electron chi connectivity index (χ0n) is 12.4. The molecule has 0 spiro atoms. The predicted octanol–water partition coefficient (Wildman–Crippen LogP) is 3.77. The Labute approximate surface area is 137 Å². The van der Waals surface area contributed by atoms with Crippen LogP contribution in [0.2, 0.25) is 0 Å². The van der Waals surface area contributed by atoms with E-state index in [0.717, 1.165) is 15.8 Å². The lowest BCUT2D eigenvalue weighted by molar-refractivity contribution is 0.256. The molecule has 0 atom stereocenters. The fraction of sp³-hybridized carbons (Fsp3) is 0.0625. The molecule has 4 N–H and O–H groups in total. The van der Waals surface area contributed by atoms with Crippen molar-refractivity contribution in [2.75, 3.05) is 10.6 Å². The highest BCUT2D eigenvalue weighted by molar-refractivity contribution is 7.22. The molecule has 2 amide bonds. The van der Waals surface area contributed by atoms with Crippen LogP contribution in [-0.2, 0) is 0 Å². The van der Waals surface area contributed by atoms with Crippen molar-refractivity contribution >= 4 is 44.4 Å². The number of hydrogen-bond acceptors (Lipinski definition) is 4. The zero-order valence-corrected chi connectivity index (χ0v) is 13.2. The van der Waals surface area contributed by atoms with Gasteiger partial charge in [-0.3, -0.25) is 10.7 Å². The van der Waals surface area contributed by atoms with Gasteiger partial charge >= 0.3 is 6.03 Å². The maximum absolute atomic E-state index is 11.9. The number of aryl methyl sites for hydroxylation is 1. The molecule has 3 rings (SSSR count). The predicted molar refractivity (Wildman–Crippen MR) is 94.3 cm³/mol. The van der Waals surface area contributed by atoms with Crippen molar-refractivity contribution in [3.05, 3.63) is 54.1 Å². The first-order chi connectivity index (χ1) is 11.1. The standard InChI is InChI=1S/C16H15N5OS/c1-10-5-4-6-11(9-10)18-15(22)20-14(17)21-16-19-12-7-2-3-8-13(12)23-16/h2-9H,1H3,(H4,17,18,19,20,21,22). The first-order valence-corrected chi connectivity index (χ1v) is 7.77. The van der Waals surface area contributed by atoms with E-state index in [-0.39, 0.29) is 5.96 Å². The number of hydrogen-bond donors (Lipinski definition) is 4. The van der Waals surface area contributed by atoms with Gasteiger partial charge in [0.05, 0.1) is 10.2 Å². The first kappa shape index (κ1) is 15.0. The summed E-state index contributed by atoms with van der Waals surface area (Å²) in [7, 11) is 0. The van der Waals surface area contributed by atoms with E-state index in [1.165, 1.54) is 11.3 Å². The van der Waals surface area contributed by atoms with Gasteiger partial charge in [0.1, 0.15) is 0 Å². The quantitative estimate of drug-likeness (QED) is 0.427. The van der Waals surface area contributed by atoms with Crippen molar-refractivity contribution in [2.24, 2.45) is 0 Å². The van der Waals surface area contributed by atoms with Crippen molar-refractivity contribution in [1.82, 2.24) is 10.3 Å². The topological polar surface area (TPSA) is 89.9 Å². The van der Waals surface area contributed by atoms with Gasteiger partial charge in [-0.25, -0.2) is 9.78 Å². The summed E-state index contributed by atoms with van der Waals surface area (Å²) >= 11 is 1.42. The number of thiazole rings is 1. The summed E-state index contributed by atoms with van der Waals surface area (Å²) in [6, 6.07) is 14.7. The molecule has 1 heterocycles. The largest absolute Gasteiger partial charge is 0.325 e. The molecular weight excluding hydrogens is 310 g/mol. The van der Waals surface area contributed by atoms with Crippen LogP contribution in [0.1, 0.15) is 5.56 Å². The first-order valence-electron chi connectivity index (χ1n) is 6.96. The van der Waals surface area contributed by atoms with Gasteiger partial charge in [0, 0.05) is 5.69 Å². The molecule has 7 heteroatoms. The lowest BCUT2D eigenvalue weighted by Gasteiger charge is -2.09. The Kier molecular flexibility index (Phi) is 4.20. The van der Waals surface area contributed by atoms with E-state index < -0.39 is 6.03 Å². The summed E-state index contributed by atoms with van der Waals surface area (Å²) in [4.78, 5) is 16.2. The van der Waals surface area contributed by atoms with E-state index in [9.17, 15) is 4.79 Å². The van der Waals surface area contributed by atoms with Crippen LogP contribution in [0.25, 0.3) is 10.2 Å². The lowest BCUT2D eigenvalue weighted by Crippen LogP contribution is -2.38. The van der Waals surface area contributed by atoms with Crippen LogP contribution in [0.4, 0.5) is 15.6 Å². The normalized spacial score (nSPS) is 10.3. The van der Waals surface area contributed by atoms with Gasteiger partial charge in [-0.05, 0) is 36.8 Å². The number of fused-ring (bicyclic) bond motifs is 1. The summed E-state index contributed by atoms with van der Waals surface area (Å²) < 4.78 is 1.02. The minimum Gasteiger partial charge on any atom is -0.308 e. The molecule has 0 unspecified atom stereocenters. The summed E-state index contributed by atoms with van der Waals surface area (Å²) in [5, 5.41) is 16.3. The fourth-order valence-electron chi connectivity index (χ4n) is 2.06. The van der Waals surface area contributed by atoms with Crippen molar-refractivity contribution in [3.8, 4) is 0 Å². The maximum Gasteiger partial charge on any atom is 0.325 e. The highest BCUT2D eigenvalue weighted by Gasteiger charge is 2.08. The molecule has 0 aliphatic heterocycles. The van der Waals surface area contributed by atoms with Crippen LogP contribution in [0.15, 0.2) is 48.5 Å². The average molecular weight is 325 g/mol. The molecule has 0 saturated carbocycles. The third-order valence-corrected chi connectivity index (χ3v) is 3.99. The average Bonchev–Trinajstić information content (AvgIpc) is 2.88. The molecule has 0 fully saturated rings. The van der Waals surface area contributed by atoms with Crippen molar-refractivity contribution in [3.63, 3.8) is 0 Å². The number of nitrogens with zero attached hydrogens (tertiary/aromatic N) is 1. The molecule has 1 aromatic heterocycles. The summed E-state index contributed by atoms with van der Waals surface area (Å²) in [6.07, 6.45) is 0. The van der Waals surface area contributed by atoms with Gasteiger partial charge in [-0.15, -0.1) is 0 Å². The van der Waals surface area contributed by atoms with Gasteiger partial charge < -0.3 is 10.6 Å². The van der Waals surface area contributed by atoms with Crippen molar-refractivity contribution < 1.29 is 4.79 Å². The second kappa shape index (κ2) is 6.45. The van der Waals surface area contributed by atoms with Crippen LogP contribution in [-0.4, -0.2) is 17.0 Å². The van der Waals surface area contributed by atoms with Crippen LogP contribution in [0.3, 0.4) is 0 Å². The molecule has 0 bridgehead atoms. The monoisotopic (exact) mass is 325 g/mol. The van der Waals surface area contributed by atoms with E-state index in [4.69, 9.17) is 5.41 Å². The number of carbonyl (C=O) groups is 1. The van der Waals surface area contributed by atoms with Crippen LogP contribution in [0.5, 0.6) is 0 Å². The Hall–Kier alpha value is -2.93. The molecule has 2 aromatic carbocycles. The Morgan fingerprint density at radius 2 is 1.96 bits per heavy atom. The summed E-state index contributed by atoms with van der Waals surface area (Å²) in [5.41, 5.74) is 2.58. The van der Waals surface area contributed by atoms with E-state index in [1.54, 1.807) is 6.07 Å². The molecule has 0 saturated heterocycles. The number of rotatable bonds is 2. The third-order valence-electron chi connectivity index (χ3n) is 3.04. The SMILES string of the molecule is Cc1cccc(NC(=O)NC(=N)Nc2nc3ccccc3s2)c1. The number of guanidine groups is 1. The van der Waals surface area contributed by atoms with Gasteiger partial charge in [0.25, 0.3) is 0 Å². The van der Waals surface area contributed by atoms with Gasteiger partial charge in [0.2, 0.25) is 5.96 Å². The zero-order chi connectivity index (χ0) is 16.2. The number of carbonyl (C=O) groups excluding carboxylic acids is 1. The van der Waals surface area contributed by atoms with Crippen LogP contribution < -0.4 is 16.0 Å². The molecule has 116 valence electrons. The minimum atomic E-state index is -0.478. The number of urea groups is 1. The number of para-hydroxylation sites is 1. The van der Waals surface area contributed by atoms with E-state index in [1.807, 2.05) is 49.4 Å². The fourth-order valence-corrected chi connectivity index (χ4v) is 2.93. The number of benzene rings is 2. The Morgan fingerprint density at radius 3 is 2.74 bits per heavy atom. The van der Waals surface area contributed by atoms with Crippen LogP contribution in [0, 0.1) is 12.3 Å². The number of nitrogens with one attached hydrogen (secondary N) is 4. The molecule has 0 radical (unpaired) electrons. The van der Waals surface area contributed by atoms with Gasteiger partial charge in [-0.1, -0.05) is 35.6 Å². The lowest BCUT2D eigenvalue weighted by atomic mass is 10.2. The molecule has 6 nitrogen and oxygen atoms in total. The van der Waals surface area contributed by atoms with Gasteiger partial charge in [0.15, 0.2) is 5.13 Å². The Morgan fingerprint density at radius 1 is 1.13 bits per heavy atom. The maximum atomic E-state index is 11.9. The summed E-state index contributed by atoms with van der Waals surface area (Å²) in [6.45, 7) is 1.94. The number of anilines is 2. The number of amides is 2. The molecular formula is C16H15N5OS. The molecule has 3 aromatic rings. The second-order valence-corrected chi connectivity index (χ2v) is 5.97. The highest BCUT2D eigenvalue weighted by Crippen LogP contribution is 2.25. The smallest absolute Gasteiger partial charge is 0.308 e. The third kappa shape index (κ3) is 3.83. The Balaban J connectivity index is 1.59. The highest BCUT2D eigenvalue weighted by atomic mass is 32.1. The van der Waals surface area contributed by atoms with E-state index in [0.29, 0.717) is 10.8 Å². The molecule has 0 aliphatic rings. The second-order valence-electron chi connectivity index (χ2n) is 4.94. The van der Waals surface area contributed by atoms with Gasteiger partial charge in [-0.2, -0.15) is 0 Å². The van der Waals surface area contributed by atoms with E-state index in [2.05, 4.69) is 20.9 Å².